The smallest absolute Gasteiger partial charge is 0.417 e. The van der Waals surface area contributed by atoms with E-state index in [1.807, 2.05) is 11.9 Å². The van der Waals surface area contributed by atoms with Crippen molar-refractivity contribution in [2.75, 3.05) is 56.5 Å². The van der Waals surface area contributed by atoms with E-state index in [0.717, 1.165) is 30.1 Å². The van der Waals surface area contributed by atoms with E-state index in [-0.39, 0.29) is 71.5 Å². The topological polar surface area (TPSA) is 133 Å². The molecular formula is C44H48F4N8O5. The third kappa shape index (κ3) is 10.4. The Morgan fingerprint density at radius 1 is 0.951 bits per heavy atom. The summed E-state index contributed by atoms with van der Waals surface area (Å²) in [7, 11) is 3.70. The van der Waals surface area contributed by atoms with Crippen LogP contribution in [0.25, 0.3) is 11.4 Å². The first kappa shape index (κ1) is 44.4. The Morgan fingerprint density at radius 3 is 2.31 bits per heavy atom. The molecule has 2 aliphatic rings. The normalized spacial score (nSPS) is 14.9. The molecule has 0 spiro atoms. The van der Waals surface area contributed by atoms with E-state index >= 15 is 4.39 Å². The summed E-state index contributed by atoms with van der Waals surface area (Å²) >= 11 is 0. The molecule has 0 bridgehead atoms. The first-order valence-corrected chi connectivity index (χ1v) is 19.8. The number of carbonyl (C=O) groups excluding carboxylic acids is 4. The highest BCUT2D eigenvalue weighted by Crippen LogP contribution is 2.35. The summed E-state index contributed by atoms with van der Waals surface area (Å²) in [5, 5.41) is 2.54. The molecule has 17 heteroatoms. The summed E-state index contributed by atoms with van der Waals surface area (Å²) in [5.41, 5.74) is 0.467. The van der Waals surface area contributed by atoms with Crippen molar-refractivity contribution in [1.29, 1.82) is 0 Å². The van der Waals surface area contributed by atoms with Crippen molar-refractivity contribution in [3.63, 3.8) is 0 Å². The van der Waals surface area contributed by atoms with Gasteiger partial charge < -0.3 is 19.5 Å². The lowest BCUT2D eigenvalue weighted by molar-refractivity contribution is -0.138. The average molecular weight is 845 g/mol. The SMILES string of the molecule is CCN(C(C)=O)c1ncc(C#Cc2cc(CC(=O)Nc3ccc(CN4CCN(C)CC4)c(C(F)(F)F)c3)ccc2F)c(-c2cc3c(n2C)CCN(C(=O)OC(C)(C)C)C3=O)n1. The maximum Gasteiger partial charge on any atom is 0.417 e. The molecule has 13 nitrogen and oxygen atoms in total. The van der Waals surface area contributed by atoms with Gasteiger partial charge in [-0.3, -0.25) is 24.2 Å². The number of ether oxygens (including phenoxy) is 1. The number of piperazine rings is 1. The highest BCUT2D eigenvalue weighted by Gasteiger charge is 2.36. The van der Waals surface area contributed by atoms with E-state index in [2.05, 4.69) is 27.0 Å². The van der Waals surface area contributed by atoms with Crippen LogP contribution in [-0.4, -0.2) is 105 Å². The van der Waals surface area contributed by atoms with Crippen molar-refractivity contribution in [2.45, 2.75) is 65.8 Å². The standard InChI is InChI=1S/C44H48F4N8O5/c1-8-55(27(2)57)41-49-25-30(39(51-41)37-24-33-36(53(37)7)15-16-56(40(33)59)42(60)61-43(3,4)5)11-10-29-21-28(9-14-35(29)45)22-38(58)50-32-13-12-31(34(23-32)44(46,47)48)26-54-19-17-52(6)18-20-54/h9,12-14,21,23-25H,8,15-20,22,26H2,1-7H3,(H,50,58). The minimum atomic E-state index is -4.64. The Labute approximate surface area is 351 Å². The van der Waals surface area contributed by atoms with Crippen molar-refractivity contribution < 1.29 is 41.5 Å². The zero-order valence-corrected chi connectivity index (χ0v) is 35.2. The molecule has 0 radical (unpaired) electrons. The van der Waals surface area contributed by atoms with Crippen molar-refractivity contribution >= 4 is 35.5 Å². The fourth-order valence-electron chi connectivity index (χ4n) is 7.21. The van der Waals surface area contributed by atoms with Crippen molar-refractivity contribution in [1.82, 2.24) is 29.2 Å². The van der Waals surface area contributed by atoms with Crippen LogP contribution >= 0.6 is 0 Å². The minimum absolute atomic E-state index is 0.0226. The molecule has 6 rings (SSSR count). The lowest BCUT2D eigenvalue weighted by Gasteiger charge is -2.33. The lowest BCUT2D eigenvalue weighted by Crippen LogP contribution is -2.44. The van der Waals surface area contributed by atoms with E-state index in [4.69, 9.17) is 9.72 Å². The van der Waals surface area contributed by atoms with Crippen molar-refractivity contribution in [2.24, 2.45) is 7.05 Å². The quantitative estimate of drug-likeness (QED) is 0.161. The number of imide groups is 1. The fourth-order valence-corrected chi connectivity index (χ4v) is 7.21. The van der Waals surface area contributed by atoms with Gasteiger partial charge in [-0.15, -0.1) is 0 Å². The molecule has 0 saturated carbocycles. The van der Waals surface area contributed by atoms with Crippen LogP contribution in [0.15, 0.2) is 48.7 Å². The molecule has 322 valence electrons. The summed E-state index contributed by atoms with van der Waals surface area (Å²) in [6.45, 7) is 11.5. The summed E-state index contributed by atoms with van der Waals surface area (Å²) in [4.78, 5) is 67.7. The molecular weight excluding hydrogens is 797 g/mol. The summed E-state index contributed by atoms with van der Waals surface area (Å²) < 4.78 is 64.9. The molecule has 1 fully saturated rings. The Morgan fingerprint density at radius 2 is 1.66 bits per heavy atom. The summed E-state index contributed by atoms with van der Waals surface area (Å²) in [5.74, 6) is 3.60. The predicted octanol–water partition coefficient (Wildman–Crippen LogP) is 6.27. The van der Waals surface area contributed by atoms with Gasteiger partial charge in [0.25, 0.3) is 5.91 Å². The number of carbonyl (C=O) groups is 4. The molecule has 1 N–H and O–H groups in total. The number of likely N-dealkylation sites (N-methyl/N-ethyl adjacent to an activating group) is 1. The van der Waals surface area contributed by atoms with Gasteiger partial charge in [0.15, 0.2) is 0 Å². The Kier molecular flexibility index (Phi) is 13.0. The van der Waals surface area contributed by atoms with Crippen LogP contribution in [0.2, 0.25) is 0 Å². The summed E-state index contributed by atoms with van der Waals surface area (Å²) in [6, 6.07) is 9.23. The second-order valence-corrected chi connectivity index (χ2v) is 16.1. The van der Waals surface area contributed by atoms with Gasteiger partial charge in [0, 0.05) is 83.8 Å². The predicted molar refractivity (Wildman–Crippen MR) is 220 cm³/mol. The molecule has 4 aromatic rings. The summed E-state index contributed by atoms with van der Waals surface area (Å²) in [6.07, 6.45) is -3.99. The molecule has 0 unspecified atom stereocenters. The number of alkyl halides is 3. The molecule has 0 atom stereocenters. The number of hydrogen-bond acceptors (Lipinski definition) is 9. The molecule has 1 saturated heterocycles. The largest absolute Gasteiger partial charge is 0.443 e. The van der Waals surface area contributed by atoms with Gasteiger partial charge in [-0.2, -0.15) is 13.2 Å². The van der Waals surface area contributed by atoms with E-state index in [1.165, 1.54) is 42.3 Å². The first-order chi connectivity index (χ1) is 28.7. The highest BCUT2D eigenvalue weighted by atomic mass is 19.4. The number of rotatable bonds is 8. The number of fused-ring (bicyclic) bond motifs is 1. The van der Waals surface area contributed by atoms with Crippen LogP contribution in [0.4, 0.5) is 34.0 Å². The molecule has 4 heterocycles. The number of benzene rings is 2. The molecule has 61 heavy (non-hydrogen) atoms. The third-order valence-electron chi connectivity index (χ3n) is 10.4. The Hall–Kier alpha value is -6.12. The fraction of sp³-hybridized carbons (Fsp3) is 0.409. The number of hydrogen-bond donors (Lipinski definition) is 1. The van der Waals surface area contributed by atoms with Gasteiger partial charge in [-0.05, 0) is 76.2 Å². The zero-order valence-electron chi connectivity index (χ0n) is 35.2. The van der Waals surface area contributed by atoms with Crippen molar-refractivity contribution in [3.8, 4) is 23.2 Å². The van der Waals surface area contributed by atoms with Gasteiger partial charge in [0.2, 0.25) is 17.8 Å². The number of amides is 4. The average Bonchev–Trinajstić information content (AvgIpc) is 3.52. The second kappa shape index (κ2) is 17.8. The second-order valence-electron chi connectivity index (χ2n) is 16.1. The highest BCUT2D eigenvalue weighted by molar-refractivity contribution is 6.05. The molecule has 4 amide bonds. The van der Waals surface area contributed by atoms with Gasteiger partial charge in [0.1, 0.15) is 17.1 Å². The number of halogens is 4. The number of anilines is 2. The Bertz CT molecular complexity index is 2420. The first-order valence-electron chi connectivity index (χ1n) is 19.8. The Balaban J connectivity index is 1.27. The van der Waals surface area contributed by atoms with Gasteiger partial charge >= 0.3 is 12.3 Å². The van der Waals surface area contributed by atoms with Crippen molar-refractivity contribution in [3.05, 3.63) is 93.6 Å². The van der Waals surface area contributed by atoms with Gasteiger partial charge in [0.05, 0.1) is 34.4 Å². The molecule has 2 aromatic heterocycles. The lowest BCUT2D eigenvalue weighted by atomic mass is 10.0. The number of aromatic nitrogens is 3. The number of nitrogens with one attached hydrogen (secondary N) is 1. The van der Waals surface area contributed by atoms with E-state index < -0.39 is 41.1 Å². The van der Waals surface area contributed by atoms with Gasteiger partial charge in [-0.25, -0.2) is 24.1 Å². The van der Waals surface area contributed by atoms with Gasteiger partial charge in [-0.1, -0.05) is 24.0 Å². The molecule has 2 aliphatic heterocycles. The minimum Gasteiger partial charge on any atom is -0.443 e. The van der Waals surface area contributed by atoms with Crippen LogP contribution in [-0.2, 0) is 46.9 Å². The van der Waals surface area contributed by atoms with Crippen LogP contribution < -0.4 is 10.2 Å². The maximum atomic E-state index is 15.3. The van der Waals surface area contributed by atoms with Crippen LogP contribution in [0.1, 0.15) is 78.5 Å². The van der Waals surface area contributed by atoms with E-state index in [0.29, 0.717) is 36.5 Å². The zero-order chi connectivity index (χ0) is 44.4. The molecule has 2 aromatic carbocycles. The molecule has 0 aliphatic carbocycles. The number of nitrogens with zero attached hydrogens (tertiary/aromatic N) is 7. The third-order valence-corrected chi connectivity index (χ3v) is 10.4. The maximum absolute atomic E-state index is 15.3. The monoisotopic (exact) mass is 844 g/mol. The van der Waals surface area contributed by atoms with Crippen LogP contribution in [0.5, 0.6) is 0 Å². The van der Waals surface area contributed by atoms with Crippen LogP contribution in [0.3, 0.4) is 0 Å². The van der Waals surface area contributed by atoms with E-state index in [1.54, 1.807) is 45.4 Å². The van der Waals surface area contributed by atoms with Crippen LogP contribution in [0, 0.1) is 17.7 Å². The van der Waals surface area contributed by atoms with E-state index in [9.17, 15) is 32.3 Å².